The summed E-state index contributed by atoms with van der Waals surface area (Å²) in [7, 11) is 0. The van der Waals surface area contributed by atoms with E-state index < -0.39 is 30.9 Å². The number of fused-ring (bicyclic) bond motifs is 1. The number of thiophene rings is 1. The van der Waals surface area contributed by atoms with Gasteiger partial charge in [0.25, 0.3) is 5.91 Å². The minimum absolute atomic E-state index is 0.193. The predicted molar refractivity (Wildman–Crippen MR) is 102 cm³/mol. The van der Waals surface area contributed by atoms with Gasteiger partial charge in [0.05, 0.1) is 5.56 Å². The third-order valence-electron chi connectivity index (χ3n) is 4.39. The first-order valence-corrected chi connectivity index (χ1v) is 9.66. The molecule has 1 N–H and O–H groups in total. The smallest absolute Gasteiger partial charge is 0.344 e. The van der Waals surface area contributed by atoms with Gasteiger partial charge in [-0.2, -0.15) is 5.26 Å². The van der Waals surface area contributed by atoms with Crippen molar-refractivity contribution in [3.05, 3.63) is 46.1 Å². The Labute approximate surface area is 165 Å². The van der Waals surface area contributed by atoms with E-state index in [9.17, 15) is 19.2 Å². The van der Waals surface area contributed by atoms with Crippen molar-refractivity contribution < 1.29 is 23.5 Å². The molecule has 1 heterocycles. The highest BCUT2D eigenvalue weighted by molar-refractivity contribution is 7.16. The quantitative estimate of drug-likeness (QED) is 0.748. The molecule has 8 heteroatoms. The van der Waals surface area contributed by atoms with E-state index in [4.69, 9.17) is 9.47 Å². The average molecular weight is 402 g/mol. The average Bonchev–Trinajstić information content (AvgIpc) is 3.00. The molecule has 0 aliphatic heterocycles. The fraction of sp³-hybridized carbons (Fsp3) is 0.350. The van der Waals surface area contributed by atoms with Crippen molar-refractivity contribution in [3.8, 4) is 11.8 Å². The molecule has 146 valence electrons. The first-order valence-electron chi connectivity index (χ1n) is 8.84. The van der Waals surface area contributed by atoms with Crippen molar-refractivity contribution in [1.29, 1.82) is 5.26 Å². The number of ether oxygens (including phenoxy) is 2. The van der Waals surface area contributed by atoms with Crippen LogP contribution in [0.25, 0.3) is 0 Å². The Morgan fingerprint density at radius 1 is 1.39 bits per heavy atom. The van der Waals surface area contributed by atoms with Crippen molar-refractivity contribution in [2.45, 2.75) is 26.2 Å². The number of rotatable bonds is 6. The van der Waals surface area contributed by atoms with E-state index in [1.165, 1.54) is 29.5 Å². The van der Waals surface area contributed by atoms with Gasteiger partial charge in [-0.15, -0.1) is 11.3 Å². The van der Waals surface area contributed by atoms with Crippen molar-refractivity contribution in [1.82, 2.24) is 0 Å². The van der Waals surface area contributed by atoms with Crippen LogP contribution in [-0.4, -0.2) is 25.1 Å². The van der Waals surface area contributed by atoms with E-state index in [0.717, 1.165) is 35.8 Å². The third kappa shape index (κ3) is 4.87. The summed E-state index contributed by atoms with van der Waals surface area (Å²) in [5, 5.41) is 12.6. The number of halogens is 1. The van der Waals surface area contributed by atoms with Crippen LogP contribution in [0.4, 0.5) is 9.39 Å². The van der Waals surface area contributed by atoms with Gasteiger partial charge in [-0.25, -0.2) is 9.18 Å². The van der Waals surface area contributed by atoms with Crippen LogP contribution in [0.3, 0.4) is 0 Å². The van der Waals surface area contributed by atoms with Crippen molar-refractivity contribution in [3.63, 3.8) is 0 Å². The van der Waals surface area contributed by atoms with E-state index in [0.29, 0.717) is 16.5 Å². The molecule has 3 rings (SSSR count). The lowest BCUT2D eigenvalue weighted by atomic mass is 9.89. The maximum Gasteiger partial charge on any atom is 0.344 e. The fourth-order valence-electron chi connectivity index (χ4n) is 3.01. The van der Waals surface area contributed by atoms with Gasteiger partial charge >= 0.3 is 5.97 Å². The molecule has 0 unspecified atom stereocenters. The lowest BCUT2D eigenvalue weighted by Gasteiger charge is -2.17. The molecule has 0 bridgehead atoms. The van der Waals surface area contributed by atoms with Crippen LogP contribution in [0.15, 0.2) is 24.3 Å². The van der Waals surface area contributed by atoms with Crippen LogP contribution in [0.5, 0.6) is 5.75 Å². The zero-order valence-electron chi connectivity index (χ0n) is 15.3. The number of carbonyl (C=O) groups excluding carboxylic acids is 2. The number of nitrogens with one attached hydrogen (secondary N) is 1. The van der Waals surface area contributed by atoms with Gasteiger partial charge in [-0.3, -0.25) is 4.79 Å². The lowest BCUT2D eigenvalue weighted by Crippen LogP contribution is -2.23. The molecule has 0 saturated carbocycles. The normalized spacial score (nSPS) is 15.2. The minimum atomic E-state index is -0.751. The number of carbonyl (C=O) groups is 2. The van der Waals surface area contributed by atoms with Crippen LogP contribution < -0.4 is 10.1 Å². The number of amides is 1. The second kappa shape index (κ2) is 8.85. The van der Waals surface area contributed by atoms with E-state index in [2.05, 4.69) is 18.3 Å². The molecule has 0 spiro atoms. The summed E-state index contributed by atoms with van der Waals surface area (Å²) in [6.45, 7) is 1.23. The molecule has 1 aliphatic carbocycles. The van der Waals surface area contributed by atoms with Gasteiger partial charge in [-0.1, -0.05) is 13.0 Å². The first kappa shape index (κ1) is 19.8. The van der Waals surface area contributed by atoms with Gasteiger partial charge in [0.1, 0.15) is 22.6 Å². The van der Waals surface area contributed by atoms with Crippen molar-refractivity contribution >= 4 is 28.2 Å². The maximum atomic E-state index is 13.1. The van der Waals surface area contributed by atoms with Crippen LogP contribution in [0.2, 0.25) is 0 Å². The predicted octanol–water partition coefficient (Wildman–Crippen LogP) is 3.44. The Kier molecular flexibility index (Phi) is 6.26. The standard InChI is InChI=1S/C20H19FN2O4S/c1-12-5-6-15-16(9-22)20(28-17(15)7-12)23-18(24)10-27-19(25)11-26-14-4-2-3-13(21)8-14/h2-4,8,12H,5-7,10-11H2,1H3,(H,23,24)/t12-/m0/s1. The third-order valence-corrected chi connectivity index (χ3v) is 5.56. The van der Waals surface area contributed by atoms with Crippen molar-refractivity contribution in [2.75, 3.05) is 18.5 Å². The van der Waals surface area contributed by atoms with Gasteiger partial charge in [0.15, 0.2) is 13.2 Å². The van der Waals surface area contributed by atoms with Crippen LogP contribution in [0.1, 0.15) is 29.3 Å². The Morgan fingerprint density at radius 3 is 2.96 bits per heavy atom. The van der Waals surface area contributed by atoms with Gasteiger partial charge in [-0.05, 0) is 42.9 Å². The number of esters is 1. The fourth-order valence-corrected chi connectivity index (χ4v) is 4.38. The molecule has 28 heavy (non-hydrogen) atoms. The zero-order valence-corrected chi connectivity index (χ0v) is 16.1. The zero-order chi connectivity index (χ0) is 20.1. The van der Waals surface area contributed by atoms with Crippen LogP contribution >= 0.6 is 11.3 Å². The molecule has 1 aromatic carbocycles. The highest BCUT2D eigenvalue weighted by atomic mass is 32.1. The number of hydrogen-bond acceptors (Lipinski definition) is 6. The largest absolute Gasteiger partial charge is 0.482 e. The Hall–Kier alpha value is -2.92. The summed E-state index contributed by atoms with van der Waals surface area (Å²) in [6, 6.07) is 7.53. The molecule has 1 atom stereocenters. The Morgan fingerprint density at radius 2 is 2.21 bits per heavy atom. The molecule has 2 aromatic rings. The van der Waals surface area contributed by atoms with E-state index in [1.54, 1.807) is 0 Å². The number of benzene rings is 1. The summed E-state index contributed by atoms with van der Waals surface area (Å²) < 4.78 is 23.0. The SMILES string of the molecule is C[C@H]1CCc2c(sc(NC(=O)COC(=O)COc3cccc(F)c3)c2C#N)C1. The number of nitriles is 1. The number of anilines is 1. The first-order chi connectivity index (χ1) is 13.5. The second-order valence-electron chi connectivity index (χ2n) is 6.62. The summed E-state index contributed by atoms with van der Waals surface area (Å²) in [5.41, 5.74) is 1.52. The minimum Gasteiger partial charge on any atom is -0.482 e. The maximum absolute atomic E-state index is 13.1. The highest BCUT2D eigenvalue weighted by Crippen LogP contribution is 2.39. The monoisotopic (exact) mass is 402 g/mol. The molecule has 0 saturated heterocycles. The van der Waals surface area contributed by atoms with Crippen LogP contribution in [0, 0.1) is 23.1 Å². The van der Waals surface area contributed by atoms with Crippen molar-refractivity contribution in [2.24, 2.45) is 5.92 Å². The van der Waals surface area contributed by atoms with Gasteiger partial charge in [0.2, 0.25) is 0 Å². The molecule has 1 aliphatic rings. The Bertz CT molecular complexity index is 935. The molecule has 1 aromatic heterocycles. The number of nitrogens with zero attached hydrogens (tertiary/aromatic N) is 1. The number of hydrogen-bond donors (Lipinski definition) is 1. The van der Waals surface area contributed by atoms with E-state index >= 15 is 0 Å². The molecule has 0 fully saturated rings. The summed E-state index contributed by atoms with van der Waals surface area (Å²) in [4.78, 5) is 24.9. The van der Waals surface area contributed by atoms with Gasteiger partial charge in [0, 0.05) is 10.9 Å². The Balaban J connectivity index is 1.51. The topological polar surface area (TPSA) is 88.4 Å². The van der Waals surface area contributed by atoms with E-state index in [1.807, 2.05) is 0 Å². The molecular weight excluding hydrogens is 383 g/mol. The summed E-state index contributed by atoms with van der Waals surface area (Å²) in [6.07, 6.45) is 2.75. The molecule has 6 nitrogen and oxygen atoms in total. The summed E-state index contributed by atoms with van der Waals surface area (Å²) in [5.74, 6) is -1.01. The molecule has 1 amide bonds. The van der Waals surface area contributed by atoms with Gasteiger partial charge < -0.3 is 14.8 Å². The molecular formula is C20H19FN2O4S. The lowest BCUT2D eigenvalue weighted by molar-refractivity contribution is -0.149. The highest BCUT2D eigenvalue weighted by Gasteiger charge is 2.24. The summed E-state index contributed by atoms with van der Waals surface area (Å²) >= 11 is 1.41. The van der Waals surface area contributed by atoms with E-state index in [-0.39, 0.29) is 5.75 Å². The second-order valence-corrected chi connectivity index (χ2v) is 7.73. The molecule has 0 radical (unpaired) electrons. The van der Waals surface area contributed by atoms with Crippen LogP contribution in [-0.2, 0) is 27.2 Å².